The lowest BCUT2D eigenvalue weighted by atomic mass is 10.1. The quantitative estimate of drug-likeness (QED) is 0.331. The predicted molar refractivity (Wildman–Crippen MR) is 112 cm³/mol. The van der Waals surface area contributed by atoms with Crippen molar-refractivity contribution in [3.8, 4) is 0 Å². The topological polar surface area (TPSA) is 36.4 Å². The van der Waals surface area contributed by atoms with E-state index in [0.29, 0.717) is 0 Å². The Labute approximate surface area is 158 Å². The van der Waals surface area contributed by atoms with Crippen molar-refractivity contribution in [2.75, 3.05) is 10.7 Å². The average molecular weight is 359 g/mol. The van der Waals surface area contributed by atoms with Gasteiger partial charge in [0.1, 0.15) is 0 Å². The minimum absolute atomic E-state index is 0.957. The smallest absolute Gasteiger partial charge is 0.0649 e. The highest BCUT2D eigenvalue weighted by Crippen LogP contribution is 2.44. The monoisotopic (exact) mass is 359 g/mol. The number of nitrogens with zero attached hydrogens (tertiary/aromatic N) is 1. The van der Waals surface area contributed by atoms with Crippen LogP contribution in [0.3, 0.4) is 0 Å². The van der Waals surface area contributed by atoms with E-state index < -0.39 is 0 Å². The van der Waals surface area contributed by atoms with Crippen molar-refractivity contribution in [3.63, 3.8) is 0 Å². The lowest BCUT2D eigenvalue weighted by Gasteiger charge is -2.21. The minimum Gasteiger partial charge on any atom is -0.354 e. The fourth-order valence-corrected chi connectivity index (χ4v) is 3.98. The molecule has 1 aliphatic rings. The van der Waals surface area contributed by atoms with E-state index >= 15 is 0 Å². The van der Waals surface area contributed by atoms with Gasteiger partial charge in [-0.05, 0) is 62.2 Å². The first-order valence-electron chi connectivity index (χ1n) is 8.66. The number of rotatable bonds is 3. The number of para-hydroxylation sites is 1. The molecule has 0 aliphatic carbocycles. The molecule has 2 N–H and O–H groups in total. The second-order valence-corrected chi connectivity index (χ2v) is 7.65. The van der Waals surface area contributed by atoms with Gasteiger partial charge >= 0.3 is 0 Å². The molecule has 3 aromatic rings. The van der Waals surface area contributed by atoms with Crippen LogP contribution in [-0.4, -0.2) is 5.71 Å². The zero-order valence-electron chi connectivity index (χ0n) is 15.1. The summed E-state index contributed by atoms with van der Waals surface area (Å²) in [4.78, 5) is 2.50. The lowest BCUT2D eigenvalue weighted by Crippen LogP contribution is -2.04. The van der Waals surface area contributed by atoms with Crippen LogP contribution in [-0.2, 0) is 0 Å². The molecule has 0 radical (unpaired) electrons. The van der Waals surface area contributed by atoms with E-state index in [1.165, 1.54) is 20.9 Å². The van der Waals surface area contributed by atoms with Gasteiger partial charge in [-0.15, -0.1) is 0 Å². The fourth-order valence-electron chi connectivity index (χ4n) is 3.01. The Balaban J connectivity index is 1.57. The van der Waals surface area contributed by atoms with E-state index in [9.17, 15) is 0 Å². The minimum atomic E-state index is 0.957. The normalized spacial score (nSPS) is 12.8. The van der Waals surface area contributed by atoms with Crippen molar-refractivity contribution in [1.29, 1.82) is 0 Å². The second-order valence-electron chi connectivity index (χ2n) is 6.56. The maximum atomic E-state index is 4.58. The molecule has 0 saturated carbocycles. The van der Waals surface area contributed by atoms with Gasteiger partial charge in [-0.1, -0.05) is 47.7 Å². The Kier molecular flexibility index (Phi) is 4.43. The van der Waals surface area contributed by atoms with Crippen LogP contribution in [0.5, 0.6) is 0 Å². The molecule has 0 atom stereocenters. The molecule has 130 valence electrons. The van der Waals surface area contributed by atoms with Gasteiger partial charge in [-0.2, -0.15) is 5.10 Å². The van der Waals surface area contributed by atoms with Gasteiger partial charge in [0.05, 0.1) is 22.8 Å². The van der Waals surface area contributed by atoms with Crippen LogP contribution < -0.4 is 10.7 Å². The molecule has 4 rings (SSSR count). The maximum Gasteiger partial charge on any atom is 0.0649 e. The van der Waals surface area contributed by atoms with Gasteiger partial charge in [0, 0.05) is 9.79 Å². The molecule has 26 heavy (non-hydrogen) atoms. The number of hydrazone groups is 1. The molecule has 3 aromatic carbocycles. The van der Waals surface area contributed by atoms with Crippen LogP contribution in [0.1, 0.15) is 23.6 Å². The lowest BCUT2D eigenvalue weighted by molar-refractivity contribution is 1.27. The van der Waals surface area contributed by atoms with Crippen LogP contribution in [0.15, 0.2) is 75.6 Å². The number of hydrogen-bond donors (Lipinski definition) is 2. The highest BCUT2D eigenvalue weighted by Gasteiger charge is 2.15. The van der Waals surface area contributed by atoms with E-state index in [4.69, 9.17) is 0 Å². The van der Waals surface area contributed by atoms with Crippen molar-refractivity contribution in [2.24, 2.45) is 5.10 Å². The highest BCUT2D eigenvalue weighted by atomic mass is 32.2. The Morgan fingerprint density at radius 3 is 2.58 bits per heavy atom. The Bertz CT molecular complexity index is 1010. The Hall–Kier alpha value is -2.72. The molecule has 1 heterocycles. The molecule has 0 spiro atoms. The van der Waals surface area contributed by atoms with Crippen LogP contribution in [0, 0.1) is 13.8 Å². The first-order chi connectivity index (χ1) is 12.6. The van der Waals surface area contributed by atoms with Gasteiger partial charge in [-0.3, -0.25) is 5.43 Å². The van der Waals surface area contributed by atoms with E-state index in [2.05, 4.69) is 90.4 Å². The summed E-state index contributed by atoms with van der Waals surface area (Å²) in [6.07, 6.45) is 0. The zero-order valence-corrected chi connectivity index (χ0v) is 15.9. The third kappa shape index (κ3) is 3.33. The molecular formula is C22H21N3S. The average Bonchev–Trinajstić information content (AvgIpc) is 2.65. The SMILES string of the molecule is CC(=NNc1ccc(C)cc1C)c1ccc2c(c1)Nc1ccccc1S2. The van der Waals surface area contributed by atoms with Gasteiger partial charge in [-0.25, -0.2) is 0 Å². The van der Waals surface area contributed by atoms with E-state index in [-0.39, 0.29) is 0 Å². The molecule has 0 bridgehead atoms. The molecule has 0 amide bonds. The summed E-state index contributed by atoms with van der Waals surface area (Å²) in [6, 6.07) is 21.2. The van der Waals surface area contributed by atoms with Crippen molar-refractivity contribution >= 4 is 34.5 Å². The van der Waals surface area contributed by atoms with E-state index in [0.717, 1.165) is 28.3 Å². The standard InChI is InChI=1S/C22H21N3S/c1-14-8-10-18(15(2)12-14)25-24-16(3)17-9-11-22-20(13-17)23-19-6-4-5-7-21(19)26-22/h4-13,23,25H,1-3H3. The third-order valence-corrected chi connectivity index (χ3v) is 5.65. The van der Waals surface area contributed by atoms with Crippen molar-refractivity contribution in [3.05, 3.63) is 77.4 Å². The van der Waals surface area contributed by atoms with E-state index in [1.807, 2.05) is 6.92 Å². The summed E-state index contributed by atoms with van der Waals surface area (Å²) in [5.41, 5.74) is 11.0. The van der Waals surface area contributed by atoms with Crippen molar-refractivity contribution in [2.45, 2.75) is 30.6 Å². The number of aryl methyl sites for hydroxylation is 2. The molecule has 0 aromatic heterocycles. The molecule has 0 saturated heterocycles. The van der Waals surface area contributed by atoms with Crippen molar-refractivity contribution in [1.82, 2.24) is 0 Å². The fraction of sp³-hybridized carbons (Fsp3) is 0.136. The van der Waals surface area contributed by atoms with Gasteiger partial charge < -0.3 is 5.32 Å². The molecule has 0 fully saturated rings. The van der Waals surface area contributed by atoms with Crippen LogP contribution in [0.4, 0.5) is 17.1 Å². The summed E-state index contributed by atoms with van der Waals surface area (Å²) in [7, 11) is 0. The molecule has 0 unspecified atom stereocenters. The summed E-state index contributed by atoms with van der Waals surface area (Å²) >= 11 is 1.80. The van der Waals surface area contributed by atoms with Crippen LogP contribution >= 0.6 is 11.8 Å². The molecule has 4 heteroatoms. The molecule has 1 aliphatic heterocycles. The summed E-state index contributed by atoms with van der Waals surface area (Å²) < 4.78 is 0. The maximum absolute atomic E-state index is 4.58. The number of fused-ring (bicyclic) bond motifs is 2. The number of anilines is 3. The van der Waals surface area contributed by atoms with Crippen LogP contribution in [0.25, 0.3) is 0 Å². The van der Waals surface area contributed by atoms with Gasteiger partial charge in [0.2, 0.25) is 0 Å². The summed E-state index contributed by atoms with van der Waals surface area (Å²) in [6.45, 7) is 6.22. The Morgan fingerprint density at radius 1 is 0.923 bits per heavy atom. The summed E-state index contributed by atoms with van der Waals surface area (Å²) in [5, 5.41) is 8.11. The number of nitrogens with one attached hydrogen (secondary N) is 2. The van der Waals surface area contributed by atoms with E-state index in [1.54, 1.807) is 11.8 Å². The number of benzene rings is 3. The number of hydrogen-bond acceptors (Lipinski definition) is 4. The first kappa shape index (κ1) is 16.7. The van der Waals surface area contributed by atoms with Crippen LogP contribution in [0.2, 0.25) is 0 Å². The largest absolute Gasteiger partial charge is 0.354 e. The second kappa shape index (κ2) is 6.89. The first-order valence-corrected chi connectivity index (χ1v) is 9.48. The molecule has 3 nitrogen and oxygen atoms in total. The molecular weight excluding hydrogens is 338 g/mol. The third-order valence-electron chi connectivity index (χ3n) is 4.50. The summed E-state index contributed by atoms with van der Waals surface area (Å²) in [5.74, 6) is 0. The Morgan fingerprint density at radius 2 is 1.73 bits per heavy atom. The highest BCUT2D eigenvalue weighted by molar-refractivity contribution is 7.99. The zero-order chi connectivity index (χ0) is 18.1. The predicted octanol–water partition coefficient (Wildman–Crippen LogP) is 6.35. The van der Waals surface area contributed by atoms with Crippen molar-refractivity contribution < 1.29 is 0 Å². The van der Waals surface area contributed by atoms with Gasteiger partial charge in [0.15, 0.2) is 0 Å². The van der Waals surface area contributed by atoms with Gasteiger partial charge in [0.25, 0.3) is 0 Å².